The van der Waals surface area contributed by atoms with Crippen LogP contribution >= 0.6 is 0 Å². The van der Waals surface area contributed by atoms with Crippen molar-refractivity contribution < 1.29 is 9.47 Å². The Bertz CT molecular complexity index is 749. The Kier molecular flexibility index (Phi) is 4.69. The van der Waals surface area contributed by atoms with Gasteiger partial charge in [0, 0.05) is 6.07 Å². The molecule has 2 aromatic carbocycles. The van der Waals surface area contributed by atoms with E-state index in [9.17, 15) is 0 Å². The highest BCUT2D eigenvalue weighted by Gasteiger charge is 2.10. The van der Waals surface area contributed by atoms with Crippen molar-refractivity contribution >= 4 is 5.82 Å². The first-order valence-corrected chi connectivity index (χ1v) is 7.28. The van der Waals surface area contributed by atoms with Gasteiger partial charge in [-0.05, 0) is 11.1 Å². The first kappa shape index (κ1) is 14.8. The van der Waals surface area contributed by atoms with Crippen LogP contribution in [0, 0.1) is 0 Å². The lowest BCUT2D eigenvalue weighted by atomic mass is 10.2. The molecule has 1 aromatic heterocycles. The van der Waals surface area contributed by atoms with E-state index in [2.05, 4.69) is 10.2 Å². The van der Waals surface area contributed by atoms with Crippen LogP contribution in [0.1, 0.15) is 11.1 Å². The van der Waals surface area contributed by atoms with Crippen LogP contribution in [-0.4, -0.2) is 10.2 Å². The Morgan fingerprint density at radius 3 is 1.91 bits per heavy atom. The third-order valence-electron chi connectivity index (χ3n) is 3.20. The standard InChI is InChI=1S/C18H17N3O2/c19-17-11-16(22-12-14-7-3-1-4-8-14)18(21-20-17)23-13-15-9-5-2-6-10-15/h1-11H,12-13H2,(H2,19,20). The quantitative estimate of drug-likeness (QED) is 0.757. The van der Waals surface area contributed by atoms with Crippen molar-refractivity contribution in [3.8, 4) is 11.6 Å². The minimum Gasteiger partial charge on any atom is -0.483 e. The molecule has 0 unspecified atom stereocenters. The molecule has 0 bridgehead atoms. The van der Waals surface area contributed by atoms with Crippen LogP contribution in [0.3, 0.4) is 0 Å². The van der Waals surface area contributed by atoms with Gasteiger partial charge in [0.1, 0.15) is 19.0 Å². The molecule has 0 saturated heterocycles. The summed E-state index contributed by atoms with van der Waals surface area (Å²) in [4.78, 5) is 0. The van der Waals surface area contributed by atoms with E-state index in [0.717, 1.165) is 11.1 Å². The maximum atomic E-state index is 5.78. The molecular weight excluding hydrogens is 290 g/mol. The van der Waals surface area contributed by atoms with Crippen molar-refractivity contribution in [3.63, 3.8) is 0 Å². The molecule has 5 heteroatoms. The molecule has 3 rings (SSSR count). The second-order valence-corrected chi connectivity index (χ2v) is 4.99. The highest BCUT2D eigenvalue weighted by Crippen LogP contribution is 2.26. The van der Waals surface area contributed by atoms with E-state index in [1.54, 1.807) is 6.07 Å². The zero-order chi connectivity index (χ0) is 15.9. The fourth-order valence-electron chi connectivity index (χ4n) is 2.04. The Morgan fingerprint density at radius 1 is 0.739 bits per heavy atom. The minimum atomic E-state index is 0.292. The van der Waals surface area contributed by atoms with Gasteiger partial charge in [-0.3, -0.25) is 0 Å². The van der Waals surface area contributed by atoms with E-state index in [0.29, 0.717) is 30.7 Å². The SMILES string of the molecule is Nc1cc(OCc2ccccc2)c(OCc2ccccc2)nn1. The largest absolute Gasteiger partial charge is 0.483 e. The van der Waals surface area contributed by atoms with Gasteiger partial charge in [0.25, 0.3) is 5.88 Å². The summed E-state index contributed by atoms with van der Waals surface area (Å²) in [5, 5.41) is 7.81. The fraction of sp³-hybridized carbons (Fsp3) is 0.111. The second kappa shape index (κ2) is 7.26. The third-order valence-corrected chi connectivity index (χ3v) is 3.20. The minimum absolute atomic E-state index is 0.292. The number of nitrogens with two attached hydrogens (primary N) is 1. The molecule has 2 N–H and O–H groups in total. The number of aromatic nitrogens is 2. The molecule has 0 spiro atoms. The lowest BCUT2D eigenvalue weighted by Crippen LogP contribution is -2.04. The highest BCUT2D eigenvalue weighted by molar-refractivity contribution is 5.41. The number of benzene rings is 2. The van der Waals surface area contributed by atoms with Crippen LogP contribution in [-0.2, 0) is 13.2 Å². The average Bonchev–Trinajstić information content (AvgIpc) is 2.61. The number of hydrogen-bond acceptors (Lipinski definition) is 5. The molecule has 0 amide bonds. The average molecular weight is 307 g/mol. The van der Waals surface area contributed by atoms with Crippen molar-refractivity contribution in [3.05, 3.63) is 77.9 Å². The molecular formula is C18H17N3O2. The molecule has 0 aliphatic heterocycles. The van der Waals surface area contributed by atoms with Crippen molar-refractivity contribution in [2.24, 2.45) is 0 Å². The topological polar surface area (TPSA) is 70.3 Å². The van der Waals surface area contributed by atoms with E-state index in [4.69, 9.17) is 15.2 Å². The van der Waals surface area contributed by atoms with Gasteiger partial charge < -0.3 is 15.2 Å². The smallest absolute Gasteiger partial charge is 0.276 e. The number of nitrogen functional groups attached to an aromatic ring is 1. The van der Waals surface area contributed by atoms with Crippen LogP contribution < -0.4 is 15.2 Å². The number of hydrogen-bond donors (Lipinski definition) is 1. The summed E-state index contributed by atoms with van der Waals surface area (Å²) in [5.41, 5.74) is 7.79. The van der Waals surface area contributed by atoms with E-state index in [-0.39, 0.29) is 0 Å². The molecule has 0 saturated carbocycles. The molecule has 23 heavy (non-hydrogen) atoms. The van der Waals surface area contributed by atoms with E-state index >= 15 is 0 Å². The highest BCUT2D eigenvalue weighted by atomic mass is 16.5. The van der Waals surface area contributed by atoms with Gasteiger partial charge in [-0.2, -0.15) is 0 Å². The number of rotatable bonds is 6. The normalized spacial score (nSPS) is 10.3. The molecule has 116 valence electrons. The van der Waals surface area contributed by atoms with Crippen LogP contribution in [0.4, 0.5) is 5.82 Å². The van der Waals surface area contributed by atoms with E-state index in [1.165, 1.54) is 0 Å². The Labute approximate surface area is 134 Å². The van der Waals surface area contributed by atoms with Gasteiger partial charge in [0.2, 0.25) is 0 Å². The van der Waals surface area contributed by atoms with Gasteiger partial charge in [-0.15, -0.1) is 10.2 Å². The molecule has 0 atom stereocenters. The van der Waals surface area contributed by atoms with Crippen LogP contribution in [0.2, 0.25) is 0 Å². The zero-order valence-corrected chi connectivity index (χ0v) is 12.6. The first-order chi connectivity index (χ1) is 11.3. The summed E-state index contributed by atoms with van der Waals surface area (Å²) in [6, 6.07) is 21.3. The third kappa shape index (κ3) is 4.20. The first-order valence-electron chi connectivity index (χ1n) is 7.28. The maximum Gasteiger partial charge on any atom is 0.276 e. The van der Waals surface area contributed by atoms with E-state index in [1.807, 2.05) is 60.7 Å². The summed E-state index contributed by atoms with van der Waals surface area (Å²) in [6.07, 6.45) is 0. The summed E-state index contributed by atoms with van der Waals surface area (Å²) >= 11 is 0. The molecule has 0 aliphatic rings. The van der Waals surface area contributed by atoms with Crippen LogP contribution in [0.5, 0.6) is 11.6 Å². The summed E-state index contributed by atoms with van der Waals surface area (Å²) in [7, 11) is 0. The van der Waals surface area contributed by atoms with Crippen molar-refractivity contribution in [1.29, 1.82) is 0 Å². The van der Waals surface area contributed by atoms with Gasteiger partial charge in [0.15, 0.2) is 5.75 Å². The maximum absolute atomic E-state index is 5.78. The van der Waals surface area contributed by atoms with Crippen molar-refractivity contribution in [2.75, 3.05) is 5.73 Å². The number of nitrogens with zero attached hydrogens (tertiary/aromatic N) is 2. The predicted molar refractivity (Wildman–Crippen MR) is 88.0 cm³/mol. The number of ether oxygens (including phenoxy) is 2. The van der Waals surface area contributed by atoms with Crippen LogP contribution in [0.25, 0.3) is 0 Å². The van der Waals surface area contributed by atoms with Gasteiger partial charge in [-0.25, -0.2) is 0 Å². The summed E-state index contributed by atoms with van der Waals surface area (Å²) in [6.45, 7) is 0.800. The van der Waals surface area contributed by atoms with Gasteiger partial charge >= 0.3 is 0 Å². The Morgan fingerprint density at radius 2 is 1.30 bits per heavy atom. The Hall–Kier alpha value is -3.08. The summed E-state index contributed by atoms with van der Waals surface area (Å²) < 4.78 is 11.5. The molecule has 0 radical (unpaired) electrons. The molecule has 5 nitrogen and oxygen atoms in total. The zero-order valence-electron chi connectivity index (χ0n) is 12.6. The van der Waals surface area contributed by atoms with Crippen LogP contribution in [0.15, 0.2) is 66.7 Å². The molecule has 0 aliphatic carbocycles. The van der Waals surface area contributed by atoms with E-state index < -0.39 is 0 Å². The van der Waals surface area contributed by atoms with Crippen molar-refractivity contribution in [1.82, 2.24) is 10.2 Å². The van der Waals surface area contributed by atoms with Gasteiger partial charge in [-0.1, -0.05) is 60.7 Å². The lowest BCUT2D eigenvalue weighted by Gasteiger charge is -2.11. The predicted octanol–water partition coefficient (Wildman–Crippen LogP) is 3.22. The lowest BCUT2D eigenvalue weighted by molar-refractivity contribution is 0.244. The fourth-order valence-corrected chi connectivity index (χ4v) is 2.04. The monoisotopic (exact) mass is 307 g/mol. The molecule has 0 fully saturated rings. The molecule has 3 aromatic rings. The Balaban J connectivity index is 1.70. The van der Waals surface area contributed by atoms with Gasteiger partial charge in [0.05, 0.1) is 0 Å². The van der Waals surface area contributed by atoms with Crippen molar-refractivity contribution in [2.45, 2.75) is 13.2 Å². The number of anilines is 1. The second-order valence-electron chi connectivity index (χ2n) is 4.99. The molecule has 1 heterocycles. The summed E-state index contributed by atoms with van der Waals surface area (Å²) in [5.74, 6) is 1.11.